The molecular formula is C44H65N3O8S. The van der Waals surface area contributed by atoms with Crippen LogP contribution in [0.4, 0.5) is 0 Å². The molecule has 0 aliphatic rings. The zero-order valence-electron chi connectivity index (χ0n) is 35.7. The van der Waals surface area contributed by atoms with Crippen molar-refractivity contribution >= 4 is 22.0 Å². The van der Waals surface area contributed by atoms with Gasteiger partial charge in [-0.1, -0.05) is 49.7 Å². The van der Waals surface area contributed by atoms with Gasteiger partial charge < -0.3 is 24.3 Å². The second-order valence-electron chi connectivity index (χ2n) is 16.9. The molecule has 0 spiro atoms. The van der Waals surface area contributed by atoms with E-state index in [1.165, 1.54) is 17.2 Å². The van der Waals surface area contributed by atoms with Gasteiger partial charge in [0.25, 0.3) is 15.7 Å². The van der Waals surface area contributed by atoms with Crippen molar-refractivity contribution in [3.8, 4) is 11.1 Å². The highest BCUT2D eigenvalue weighted by molar-refractivity contribution is 7.86. The molecular weight excluding hydrogens is 731 g/mol. The molecule has 0 saturated heterocycles. The van der Waals surface area contributed by atoms with E-state index in [-0.39, 0.29) is 24.5 Å². The number of carbonyl (C=O) groups is 2. The van der Waals surface area contributed by atoms with Crippen LogP contribution in [0.5, 0.6) is 0 Å². The minimum Gasteiger partial charge on any atom is -0.469 e. The minimum absolute atomic E-state index is 0.0608. The van der Waals surface area contributed by atoms with Crippen molar-refractivity contribution in [1.82, 2.24) is 14.8 Å². The van der Waals surface area contributed by atoms with Crippen molar-refractivity contribution in [2.24, 2.45) is 5.92 Å². The number of amides is 1. The van der Waals surface area contributed by atoms with Crippen LogP contribution in [0, 0.1) is 26.7 Å². The van der Waals surface area contributed by atoms with Crippen LogP contribution in [0.2, 0.25) is 0 Å². The van der Waals surface area contributed by atoms with E-state index in [0.717, 1.165) is 52.6 Å². The summed E-state index contributed by atoms with van der Waals surface area (Å²) in [6.07, 6.45) is 5.17. The average Bonchev–Trinajstić information content (AvgIpc) is 3.08. The van der Waals surface area contributed by atoms with Gasteiger partial charge >= 0.3 is 5.97 Å². The number of nitrogens with one attached hydrogen (secondary N) is 1. The summed E-state index contributed by atoms with van der Waals surface area (Å²) in [6.45, 7) is 19.2. The summed E-state index contributed by atoms with van der Waals surface area (Å²) in [7, 11) is -0.274. The normalized spacial score (nSPS) is 13.5. The molecule has 310 valence electrons. The molecule has 0 aliphatic carbocycles. The van der Waals surface area contributed by atoms with Crippen LogP contribution < -0.4 is 10.9 Å². The van der Waals surface area contributed by atoms with Gasteiger partial charge in [0, 0.05) is 25.4 Å². The lowest BCUT2D eigenvalue weighted by molar-refractivity contribution is -0.141. The van der Waals surface area contributed by atoms with E-state index in [1.807, 2.05) is 51.2 Å². The molecule has 1 amide bonds. The number of hydrogen-bond donors (Lipinski definition) is 1. The summed E-state index contributed by atoms with van der Waals surface area (Å²) in [5.41, 5.74) is 5.45. The van der Waals surface area contributed by atoms with Crippen molar-refractivity contribution in [2.75, 3.05) is 40.1 Å². The number of nitrogens with zero attached hydrogens (tertiary/aromatic N) is 2. The van der Waals surface area contributed by atoms with Gasteiger partial charge in [-0.3, -0.25) is 18.6 Å². The van der Waals surface area contributed by atoms with Crippen LogP contribution in [0.15, 0.2) is 59.5 Å². The first-order valence-corrected chi connectivity index (χ1v) is 21.3. The number of aromatic nitrogens is 1. The van der Waals surface area contributed by atoms with Crippen molar-refractivity contribution in [3.05, 3.63) is 92.9 Å². The third kappa shape index (κ3) is 14.9. The number of carbonyl (C=O) groups excluding carboxylic acids is 2. The predicted octanol–water partition coefficient (Wildman–Crippen LogP) is 7.25. The number of pyridine rings is 1. The maximum absolute atomic E-state index is 14.2. The summed E-state index contributed by atoms with van der Waals surface area (Å²) in [6, 6.07) is 14.2. The molecule has 2 aromatic carbocycles. The van der Waals surface area contributed by atoms with E-state index in [1.54, 1.807) is 26.1 Å². The van der Waals surface area contributed by atoms with E-state index < -0.39 is 39.4 Å². The Balaban J connectivity index is 1.76. The highest BCUT2D eigenvalue weighted by atomic mass is 32.2. The third-order valence-electron chi connectivity index (χ3n) is 9.90. The molecule has 2 unspecified atom stereocenters. The van der Waals surface area contributed by atoms with E-state index in [9.17, 15) is 22.8 Å². The van der Waals surface area contributed by atoms with Crippen molar-refractivity contribution in [1.29, 1.82) is 0 Å². The second-order valence-corrected chi connectivity index (χ2v) is 18.5. The number of aryl methyl sites for hydroxylation is 3. The lowest BCUT2D eigenvalue weighted by Gasteiger charge is -2.32. The molecule has 11 nitrogen and oxygen atoms in total. The molecule has 0 saturated carbocycles. The Morgan fingerprint density at radius 3 is 2.18 bits per heavy atom. The molecule has 0 fully saturated rings. The molecule has 1 N–H and O–H groups in total. The second kappa shape index (κ2) is 20.0. The fourth-order valence-corrected chi connectivity index (χ4v) is 7.78. The maximum Gasteiger partial charge on any atom is 0.307 e. The lowest BCUT2D eigenvalue weighted by atomic mass is 9.91. The van der Waals surface area contributed by atoms with Crippen LogP contribution in [-0.2, 0) is 39.8 Å². The third-order valence-corrected chi connectivity index (χ3v) is 10.7. The Morgan fingerprint density at radius 2 is 1.59 bits per heavy atom. The van der Waals surface area contributed by atoms with Gasteiger partial charge in [-0.2, -0.15) is 8.42 Å². The van der Waals surface area contributed by atoms with Gasteiger partial charge in [0.05, 0.1) is 38.0 Å². The van der Waals surface area contributed by atoms with E-state index in [2.05, 4.69) is 57.0 Å². The van der Waals surface area contributed by atoms with Crippen LogP contribution >= 0.6 is 0 Å². The van der Waals surface area contributed by atoms with Gasteiger partial charge in [0.15, 0.2) is 0 Å². The van der Waals surface area contributed by atoms with Gasteiger partial charge in [0.2, 0.25) is 5.91 Å². The number of methoxy groups -OCH3 is 1. The van der Waals surface area contributed by atoms with Gasteiger partial charge in [0.1, 0.15) is 11.6 Å². The van der Waals surface area contributed by atoms with E-state index in [0.29, 0.717) is 31.7 Å². The Morgan fingerprint density at radius 1 is 0.929 bits per heavy atom. The van der Waals surface area contributed by atoms with E-state index in [4.69, 9.17) is 13.7 Å². The SMILES string of the molecule is COC(=O)CC(NC(=O)C(CCC(C)C)n1ccc(CCN(C)CCC(C)(C)OCC(C)(C)OS(C)(=O)=O)cc1=O)c1cccc(-c2c(C)cc(C)cc2C)c1. The zero-order chi connectivity index (χ0) is 42.0. The van der Waals surface area contributed by atoms with Gasteiger partial charge in [-0.15, -0.1) is 0 Å². The summed E-state index contributed by atoms with van der Waals surface area (Å²) in [5, 5.41) is 3.12. The van der Waals surface area contributed by atoms with Gasteiger partial charge in [-0.05, 0) is 133 Å². The minimum atomic E-state index is -3.61. The van der Waals surface area contributed by atoms with Crippen LogP contribution in [0.3, 0.4) is 0 Å². The fourth-order valence-electron chi connectivity index (χ4n) is 6.91. The molecule has 3 rings (SSSR count). The Hall–Kier alpha value is -3.84. The highest BCUT2D eigenvalue weighted by Gasteiger charge is 2.30. The quantitative estimate of drug-likeness (QED) is 0.0875. The standard InChI is InChI=1S/C44H65N3O8S/c1-30(2)16-17-38(42(50)45-37(28-40(49)53-11)35-14-13-15-36(27-35)41-32(4)24-31(3)25-33(41)5)47-22-19-34(26-39(47)48)18-21-46(10)23-20-43(6,7)54-29-44(8,9)55-56(12,51)52/h13-15,19,22,24-27,30,37-38H,16-18,20-21,23,28-29H2,1-12H3,(H,45,50). The molecule has 1 aromatic heterocycles. The van der Waals surface area contributed by atoms with Crippen molar-refractivity contribution in [2.45, 2.75) is 118 Å². The monoisotopic (exact) mass is 795 g/mol. The first-order chi connectivity index (χ1) is 26.0. The molecule has 2 atom stereocenters. The number of likely N-dealkylation sites (N-methyl/N-ethyl adjacent to an activating group) is 1. The predicted molar refractivity (Wildman–Crippen MR) is 223 cm³/mol. The summed E-state index contributed by atoms with van der Waals surface area (Å²) in [5.74, 6) is -0.478. The average molecular weight is 796 g/mol. The molecule has 56 heavy (non-hydrogen) atoms. The molecule has 0 radical (unpaired) electrons. The maximum atomic E-state index is 14.2. The van der Waals surface area contributed by atoms with Crippen molar-refractivity contribution < 1.29 is 31.7 Å². The largest absolute Gasteiger partial charge is 0.469 e. The Labute approximate surface area is 335 Å². The zero-order valence-corrected chi connectivity index (χ0v) is 36.5. The lowest BCUT2D eigenvalue weighted by Crippen LogP contribution is -2.40. The van der Waals surface area contributed by atoms with Crippen molar-refractivity contribution in [3.63, 3.8) is 0 Å². The molecule has 1 heterocycles. The molecule has 0 aliphatic heterocycles. The number of rotatable bonds is 21. The summed E-state index contributed by atoms with van der Waals surface area (Å²) >= 11 is 0. The molecule has 12 heteroatoms. The van der Waals surface area contributed by atoms with Crippen LogP contribution in [-0.4, -0.2) is 81.1 Å². The fraction of sp³-hybridized carbons (Fsp3) is 0.568. The number of benzene rings is 2. The smallest absolute Gasteiger partial charge is 0.307 e. The van der Waals surface area contributed by atoms with Gasteiger partial charge in [-0.25, -0.2) is 0 Å². The number of ether oxygens (including phenoxy) is 2. The molecule has 3 aromatic rings. The Bertz CT molecular complexity index is 1950. The highest BCUT2D eigenvalue weighted by Crippen LogP contribution is 2.31. The number of hydrogen-bond acceptors (Lipinski definition) is 9. The first-order valence-electron chi connectivity index (χ1n) is 19.5. The first kappa shape index (κ1) is 46.5. The molecule has 0 bridgehead atoms. The van der Waals surface area contributed by atoms with Crippen LogP contribution in [0.1, 0.15) is 107 Å². The van der Waals surface area contributed by atoms with E-state index >= 15 is 0 Å². The topological polar surface area (TPSA) is 133 Å². The summed E-state index contributed by atoms with van der Waals surface area (Å²) < 4.78 is 40.9. The Kier molecular flexibility index (Phi) is 16.6. The summed E-state index contributed by atoms with van der Waals surface area (Å²) in [4.78, 5) is 42.7. The number of esters is 1. The van der Waals surface area contributed by atoms with Crippen LogP contribution in [0.25, 0.3) is 11.1 Å².